The topological polar surface area (TPSA) is 96.3 Å². The minimum absolute atomic E-state index is 0.00988. The smallest absolute Gasteiger partial charge is 0.292 e. The molecule has 0 bridgehead atoms. The van der Waals surface area contributed by atoms with Gasteiger partial charge in [0, 0.05) is 31.6 Å². The monoisotopic (exact) mass is 308 g/mol. The summed E-state index contributed by atoms with van der Waals surface area (Å²) in [7, 11) is 1.81. The Morgan fingerprint density at radius 1 is 1.36 bits per heavy atom. The summed E-state index contributed by atoms with van der Waals surface area (Å²) in [6.07, 6.45) is 0.697. The van der Waals surface area contributed by atoms with E-state index in [0.717, 1.165) is 5.56 Å². The van der Waals surface area contributed by atoms with Gasteiger partial charge in [-0.2, -0.15) is 0 Å². The van der Waals surface area contributed by atoms with Gasteiger partial charge in [0.1, 0.15) is 5.69 Å². The van der Waals surface area contributed by atoms with E-state index in [4.69, 9.17) is 0 Å². The van der Waals surface area contributed by atoms with Gasteiger partial charge in [0.2, 0.25) is 5.91 Å². The maximum atomic E-state index is 11.7. The zero-order chi connectivity index (χ0) is 16.5. The zero-order valence-corrected chi connectivity index (χ0v) is 13.3. The van der Waals surface area contributed by atoms with E-state index >= 15 is 0 Å². The van der Waals surface area contributed by atoms with Crippen molar-refractivity contribution in [3.63, 3.8) is 0 Å². The van der Waals surface area contributed by atoms with Crippen LogP contribution >= 0.6 is 0 Å². The Balaban J connectivity index is 2.36. The summed E-state index contributed by atoms with van der Waals surface area (Å²) < 4.78 is 0. The number of carbonyl (C=O) groups is 1. The van der Waals surface area contributed by atoms with Gasteiger partial charge in [0.25, 0.3) is 5.69 Å². The Bertz CT molecular complexity index is 520. The maximum absolute atomic E-state index is 11.7. The fourth-order valence-corrected chi connectivity index (χ4v) is 2.04. The van der Waals surface area contributed by atoms with Crippen LogP contribution in [0.15, 0.2) is 18.2 Å². The van der Waals surface area contributed by atoms with Crippen molar-refractivity contribution in [2.45, 2.75) is 20.3 Å². The Hall–Kier alpha value is -2.15. The molecule has 0 saturated carbocycles. The number of rotatable bonds is 9. The molecule has 1 aromatic carbocycles. The van der Waals surface area contributed by atoms with Crippen LogP contribution in [0.5, 0.6) is 0 Å². The number of carbonyl (C=O) groups excluding carboxylic acids is 1. The highest BCUT2D eigenvalue weighted by Gasteiger charge is 2.13. The summed E-state index contributed by atoms with van der Waals surface area (Å²) in [5.41, 5.74) is 1.43. The second-order valence-electron chi connectivity index (χ2n) is 5.31. The van der Waals surface area contributed by atoms with Gasteiger partial charge in [-0.1, -0.05) is 13.0 Å². The largest absolute Gasteiger partial charge is 0.379 e. The summed E-state index contributed by atoms with van der Waals surface area (Å²) in [6.45, 7) is 5.42. The maximum Gasteiger partial charge on any atom is 0.292 e. The van der Waals surface area contributed by atoms with Crippen LogP contribution in [0.1, 0.15) is 18.9 Å². The highest BCUT2D eigenvalue weighted by molar-refractivity contribution is 5.78. The van der Waals surface area contributed by atoms with E-state index in [1.807, 2.05) is 27.0 Å². The van der Waals surface area contributed by atoms with Crippen molar-refractivity contribution in [1.82, 2.24) is 10.6 Å². The highest BCUT2D eigenvalue weighted by atomic mass is 16.6. The molecule has 0 radical (unpaired) electrons. The molecule has 0 aromatic heterocycles. The van der Waals surface area contributed by atoms with Crippen LogP contribution in [0.3, 0.4) is 0 Å². The van der Waals surface area contributed by atoms with E-state index in [9.17, 15) is 14.9 Å². The van der Waals surface area contributed by atoms with Crippen LogP contribution in [0.4, 0.5) is 11.4 Å². The van der Waals surface area contributed by atoms with Gasteiger partial charge in [-0.3, -0.25) is 14.9 Å². The average Bonchev–Trinajstić information content (AvgIpc) is 2.48. The fourth-order valence-electron chi connectivity index (χ4n) is 2.04. The highest BCUT2D eigenvalue weighted by Crippen LogP contribution is 2.24. The predicted molar refractivity (Wildman–Crippen MR) is 87.0 cm³/mol. The number of nitrogens with zero attached hydrogens (tertiary/aromatic N) is 1. The number of nitro groups is 1. The Morgan fingerprint density at radius 2 is 2.09 bits per heavy atom. The lowest BCUT2D eigenvalue weighted by molar-refractivity contribution is -0.384. The number of hydrogen-bond donors (Lipinski definition) is 3. The molecule has 1 atom stereocenters. The van der Waals surface area contributed by atoms with Gasteiger partial charge in [-0.25, -0.2) is 0 Å². The first-order chi connectivity index (χ1) is 10.5. The number of aryl methyl sites for hydroxylation is 1. The van der Waals surface area contributed by atoms with Crippen LogP contribution in [-0.4, -0.2) is 37.5 Å². The van der Waals surface area contributed by atoms with Gasteiger partial charge in [0.05, 0.1) is 4.92 Å². The van der Waals surface area contributed by atoms with E-state index in [1.165, 1.54) is 0 Å². The summed E-state index contributed by atoms with van der Waals surface area (Å²) >= 11 is 0. The van der Waals surface area contributed by atoms with E-state index in [0.29, 0.717) is 31.7 Å². The normalized spacial score (nSPS) is 11.8. The number of amides is 1. The second kappa shape index (κ2) is 8.99. The third-order valence-electron chi connectivity index (χ3n) is 3.28. The first kappa shape index (κ1) is 17.9. The lowest BCUT2D eigenvalue weighted by Gasteiger charge is -2.12. The van der Waals surface area contributed by atoms with Crippen molar-refractivity contribution in [2.75, 3.05) is 32.0 Å². The second-order valence-corrected chi connectivity index (χ2v) is 5.31. The molecule has 7 heteroatoms. The van der Waals surface area contributed by atoms with Crippen LogP contribution in [0.25, 0.3) is 0 Å². The average molecular weight is 308 g/mol. The first-order valence-corrected chi connectivity index (χ1v) is 7.37. The Morgan fingerprint density at radius 3 is 2.73 bits per heavy atom. The molecule has 0 heterocycles. The fraction of sp³-hybridized carbons (Fsp3) is 0.533. The molecular weight excluding hydrogens is 284 g/mol. The zero-order valence-electron chi connectivity index (χ0n) is 13.3. The molecule has 0 aliphatic heterocycles. The van der Waals surface area contributed by atoms with Crippen molar-refractivity contribution in [1.29, 1.82) is 0 Å². The molecule has 1 unspecified atom stereocenters. The van der Waals surface area contributed by atoms with Gasteiger partial charge in [0.15, 0.2) is 0 Å². The standard InChI is InChI=1S/C15H24N4O3/c1-11-5-6-13(14(9-11)19(21)22)17-7-4-8-18-15(20)12(2)10-16-3/h5-6,9,12,16-17H,4,7-8,10H2,1-3H3,(H,18,20). The molecule has 0 fully saturated rings. The molecule has 0 saturated heterocycles. The van der Waals surface area contributed by atoms with Crippen molar-refractivity contribution < 1.29 is 9.72 Å². The van der Waals surface area contributed by atoms with Gasteiger partial charge in [-0.15, -0.1) is 0 Å². The number of nitrogens with one attached hydrogen (secondary N) is 3. The van der Waals surface area contributed by atoms with Crippen molar-refractivity contribution in [3.05, 3.63) is 33.9 Å². The Labute approximate surface area is 130 Å². The molecule has 0 aliphatic rings. The Kier molecular flexibility index (Phi) is 7.31. The molecule has 0 spiro atoms. The molecule has 7 nitrogen and oxygen atoms in total. The quantitative estimate of drug-likeness (QED) is 0.366. The van der Waals surface area contributed by atoms with Crippen molar-refractivity contribution >= 4 is 17.3 Å². The molecule has 122 valence electrons. The van der Waals surface area contributed by atoms with E-state index in [2.05, 4.69) is 16.0 Å². The summed E-state index contributed by atoms with van der Waals surface area (Å²) in [5.74, 6) is -0.0631. The molecular formula is C15H24N4O3. The number of hydrogen-bond acceptors (Lipinski definition) is 5. The number of anilines is 1. The lowest BCUT2D eigenvalue weighted by Crippen LogP contribution is -2.35. The van der Waals surface area contributed by atoms with Gasteiger partial charge in [-0.05, 0) is 32.0 Å². The van der Waals surface area contributed by atoms with Gasteiger partial charge >= 0.3 is 0 Å². The van der Waals surface area contributed by atoms with Crippen LogP contribution in [-0.2, 0) is 4.79 Å². The van der Waals surface area contributed by atoms with Crippen LogP contribution in [0.2, 0.25) is 0 Å². The minimum Gasteiger partial charge on any atom is -0.379 e. The summed E-state index contributed by atoms with van der Waals surface area (Å²) in [5, 5.41) is 19.8. The van der Waals surface area contributed by atoms with Crippen LogP contribution in [0, 0.1) is 23.0 Å². The number of nitro benzene ring substituents is 1. The van der Waals surface area contributed by atoms with E-state index in [1.54, 1.807) is 12.1 Å². The number of benzene rings is 1. The SMILES string of the molecule is CNCC(C)C(=O)NCCCNc1ccc(C)cc1[N+](=O)[O-]. The predicted octanol–water partition coefficient (Wildman–Crippen LogP) is 1.68. The first-order valence-electron chi connectivity index (χ1n) is 7.37. The molecule has 22 heavy (non-hydrogen) atoms. The van der Waals surface area contributed by atoms with Gasteiger partial charge < -0.3 is 16.0 Å². The van der Waals surface area contributed by atoms with E-state index < -0.39 is 4.92 Å². The van der Waals surface area contributed by atoms with E-state index in [-0.39, 0.29) is 17.5 Å². The van der Waals surface area contributed by atoms with Crippen LogP contribution < -0.4 is 16.0 Å². The molecule has 3 N–H and O–H groups in total. The van der Waals surface area contributed by atoms with Crippen molar-refractivity contribution in [2.24, 2.45) is 5.92 Å². The lowest BCUT2D eigenvalue weighted by atomic mass is 10.1. The minimum atomic E-state index is -0.392. The molecule has 0 aliphatic carbocycles. The third-order valence-corrected chi connectivity index (χ3v) is 3.28. The molecule has 1 aromatic rings. The summed E-state index contributed by atoms with van der Waals surface area (Å²) in [4.78, 5) is 22.3. The molecule has 1 amide bonds. The molecule has 1 rings (SSSR count). The third kappa shape index (κ3) is 5.69. The van der Waals surface area contributed by atoms with Crippen molar-refractivity contribution in [3.8, 4) is 0 Å². The summed E-state index contributed by atoms with van der Waals surface area (Å²) in [6, 6.07) is 5.08.